The average molecular weight is 519 g/mol. The molecule has 0 atom stereocenters. The summed E-state index contributed by atoms with van der Waals surface area (Å²) in [5.74, 6) is 0.583. The number of para-hydroxylation sites is 3. The number of hydrogen-bond donors (Lipinski definition) is 0. The zero-order chi connectivity index (χ0) is 25.5. The van der Waals surface area contributed by atoms with E-state index in [0.29, 0.717) is 11.5 Å². The van der Waals surface area contributed by atoms with E-state index in [1.165, 1.54) is 20.2 Å². The van der Waals surface area contributed by atoms with Gasteiger partial charge in [0.2, 0.25) is 5.71 Å². The Hall–Kier alpha value is -5.00. The van der Waals surface area contributed by atoms with Crippen molar-refractivity contribution in [3.05, 3.63) is 109 Å². The molecule has 0 saturated heterocycles. The van der Waals surface area contributed by atoms with Crippen LogP contribution in [0.15, 0.2) is 118 Å². The molecule has 182 valence electrons. The van der Waals surface area contributed by atoms with Gasteiger partial charge in [0.05, 0.1) is 16.6 Å². The highest BCUT2D eigenvalue weighted by molar-refractivity contribution is 7.26. The largest absolute Gasteiger partial charge is 0.455 e. The van der Waals surface area contributed by atoms with Gasteiger partial charge in [-0.1, -0.05) is 84.9 Å². The fourth-order valence-corrected chi connectivity index (χ4v) is 7.01. The second kappa shape index (κ2) is 7.76. The highest BCUT2D eigenvalue weighted by atomic mass is 32.1. The Morgan fingerprint density at radius 2 is 1.18 bits per heavy atom. The first-order valence-electron chi connectivity index (χ1n) is 12.8. The average Bonchev–Trinajstić information content (AvgIpc) is 3.67. The van der Waals surface area contributed by atoms with Crippen LogP contribution in [0.3, 0.4) is 0 Å². The summed E-state index contributed by atoms with van der Waals surface area (Å²) in [6, 6.07) is 37.4. The molecule has 0 bridgehead atoms. The van der Waals surface area contributed by atoms with Gasteiger partial charge in [0.15, 0.2) is 5.82 Å². The SMILES string of the molecule is c1ccc2c(c1)oc1c(-c3nc(-c4cccc5c4sc4ccccc45)c4c(n3)oc3ccccc34)cccc12. The summed E-state index contributed by atoms with van der Waals surface area (Å²) in [5, 5.41) is 6.55. The molecule has 0 N–H and O–H groups in total. The zero-order valence-corrected chi connectivity index (χ0v) is 21.3. The smallest absolute Gasteiger partial charge is 0.231 e. The standard InChI is InChI=1S/C34H18N2O2S/c1-4-16-26-19(9-1)21-12-7-15-25(31(21)37-26)33-35-30(29-23-11-2-5-17-27(23)38-34(29)36-33)24-14-8-13-22-20-10-3-6-18-28(20)39-32(22)24/h1-18H. The first-order chi connectivity index (χ1) is 19.3. The van der Waals surface area contributed by atoms with Crippen LogP contribution in [-0.2, 0) is 0 Å². The molecule has 0 aliphatic rings. The van der Waals surface area contributed by atoms with Crippen LogP contribution in [0, 0.1) is 0 Å². The number of aromatic nitrogens is 2. The van der Waals surface area contributed by atoms with Crippen molar-refractivity contribution < 1.29 is 8.83 Å². The first-order valence-corrected chi connectivity index (χ1v) is 13.7. The molecule has 0 unspecified atom stereocenters. The maximum Gasteiger partial charge on any atom is 0.231 e. The molecule has 0 saturated carbocycles. The van der Waals surface area contributed by atoms with Gasteiger partial charge in [0, 0.05) is 41.9 Å². The molecule has 0 amide bonds. The molecule has 9 aromatic rings. The maximum atomic E-state index is 6.36. The van der Waals surface area contributed by atoms with Crippen molar-refractivity contribution in [1.82, 2.24) is 9.97 Å². The summed E-state index contributed by atoms with van der Waals surface area (Å²) in [6.07, 6.45) is 0. The van der Waals surface area contributed by atoms with Gasteiger partial charge >= 0.3 is 0 Å². The maximum absolute atomic E-state index is 6.36. The summed E-state index contributed by atoms with van der Waals surface area (Å²) in [4.78, 5) is 10.3. The normalized spacial score (nSPS) is 12.1. The van der Waals surface area contributed by atoms with Crippen LogP contribution in [0.4, 0.5) is 0 Å². The Morgan fingerprint density at radius 3 is 2.05 bits per heavy atom. The van der Waals surface area contributed by atoms with Crippen LogP contribution in [0.1, 0.15) is 0 Å². The summed E-state index contributed by atoms with van der Waals surface area (Å²) in [5.41, 5.74) is 5.78. The van der Waals surface area contributed by atoms with E-state index in [-0.39, 0.29) is 0 Å². The molecule has 0 radical (unpaired) electrons. The predicted molar refractivity (Wildman–Crippen MR) is 160 cm³/mol. The summed E-state index contributed by atoms with van der Waals surface area (Å²) < 4.78 is 15.2. The van der Waals surface area contributed by atoms with Crippen molar-refractivity contribution in [2.75, 3.05) is 0 Å². The Balaban J connectivity index is 1.42. The topological polar surface area (TPSA) is 52.1 Å². The van der Waals surface area contributed by atoms with Crippen LogP contribution in [-0.4, -0.2) is 9.97 Å². The van der Waals surface area contributed by atoms with Gasteiger partial charge in [-0.25, -0.2) is 4.98 Å². The summed E-state index contributed by atoms with van der Waals surface area (Å²) >= 11 is 1.80. The second-order valence-corrected chi connectivity index (χ2v) is 10.8. The number of fused-ring (bicyclic) bond motifs is 9. The monoisotopic (exact) mass is 518 g/mol. The van der Waals surface area contributed by atoms with Gasteiger partial charge in [-0.05, 0) is 24.3 Å². The zero-order valence-electron chi connectivity index (χ0n) is 20.5. The van der Waals surface area contributed by atoms with Gasteiger partial charge in [-0.15, -0.1) is 11.3 Å². The van der Waals surface area contributed by atoms with Crippen molar-refractivity contribution in [3.63, 3.8) is 0 Å². The highest BCUT2D eigenvalue weighted by Crippen LogP contribution is 2.44. The lowest BCUT2D eigenvalue weighted by molar-refractivity contribution is 0.653. The number of rotatable bonds is 2. The molecule has 9 rings (SSSR count). The lowest BCUT2D eigenvalue weighted by Crippen LogP contribution is -1.94. The molecule has 0 fully saturated rings. The number of benzene rings is 5. The third kappa shape index (κ3) is 2.93. The fourth-order valence-electron chi connectivity index (χ4n) is 5.80. The van der Waals surface area contributed by atoms with Gasteiger partial charge in [-0.3, -0.25) is 0 Å². The first kappa shape index (κ1) is 21.0. The number of nitrogens with zero attached hydrogens (tertiary/aromatic N) is 2. The molecular formula is C34H18N2O2S. The Bertz CT molecular complexity index is 2410. The van der Waals surface area contributed by atoms with Crippen molar-refractivity contribution in [1.29, 1.82) is 0 Å². The minimum absolute atomic E-state index is 0.572. The molecule has 0 spiro atoms. The quantitative estimate of drug-likeness (QED) is 0.228. The van der Waals surface area contributed by atoms with Crippen LogP contribution in [0.5, 0.6) is 0 Å². The minimum Gasteiger partial charge on any atom is -0.455 e. The third-order valence-electron chi connectivity index (χ3n) is 7.54. The number of thiophene rings is 1. The molecule has 4 nitrogen and oxygen atoms in total. The second-order valence-electron chi connectivity index (χ2n) is 9.74. The predicted octanol–water partition coefficient (Wildman–Crippen LogP) is 9.98. The van der Waals surface area contributed by atoms with Crippen molar-refractivity contribution >= 4 is 75.5 Å². The van der Waals surface area contributed by atoms with Crippen molar-refractivity contribution in [3.8, 4) is 22.6 Å². The van der Waals surface area contributed by atoms with E-state index in [9.17, 15) is 0 Å². The van der Waals surface area contributed by atoms with E-state index < -0.39 is 0 Å². The lowest BCUT2D eigenvalue weighted by Gasteiger charge is -2.08. The van der Waals surface area contributed by atoms with E-state index in [1.54, 1.807) is 11.3 Å². The van der Waals surface area contributed by atoms with Gasteiger partial charge in [-0.2, -0.15) is 4.98 Å². The molecule has 4 heterocycles. The molecule has 0 aliphatic heterocycles. The van der Waals surface area contributed by atoms with Crippen LogP contribution in [0.25, 0.3) is 86.8 Å². The molecule has 0 aliphatic carbocycles. The Kier molecular flexibility index (Phi) is 4.18. The number of hydrogen-bond acceptors (Lipinski definition) is 5. The van der Waals surface area contributed by atoms with Crippen LogP contribution in [0.2, 0.25) is 0 Å². The Morgan fingerprint density at radius 1 is 0.513 bits per heavy atom. The molecule has 4 aromatic heterocycles. The molecule has 5 aromatic carbocycles. The van der Waals surface area contributed by atoms with Gasteiger partial charge < -0.3 is 8.83 Å². The van der Waals surface area contributed by atoms with Gasteiger partial charge in [0.1, 0.15) is 16.7 Å². The van der Waals surface area contributed by atoms with E-state index in [2.05, 4.69) is 60.7 Å². The fraction of sp³-hybridized carbons (Fsp3) is 0. The van der Waals surface area contributed by atoms with Crippen molar-refractivity contribution in [2.45, 2.75) is 0 Å². The Labute approximate surface area is 225 Å². The van der Waals surface area contributed by atoms with Crippen LogP contribution < -0.4 is 0 Å². The summed E-state index contributed by atoms with van der Waals surface area (Å²) in [6.45, 7) is 0. The van der Waals surface area contributed by atoms with E-state index in [4.69, 9.17) is 18.8 Å². The summed E-state index contributed by atoms with van der Waals surface area (Å²) in [7, 11) is 0. The van der Waals surface area contributed by atoms with Gasteiger partial charge in [0.25, 0.3) is 0 Å². The highest BCUT2D eigenvalue weighted by Gasteiger charge is 2.22. The lowest BCUT2D eigenvalue weighted by atomic mass is 10.0. The molecule has 39 heavy (non-hydrogen) atoms. The number of furan rings is 2. The van der Waals surface area contributed by atoms with E-state index in [0.717, 1.165) is 55.1 Å². The third-order valence-corrected chi connectivity index (χ3v) is 8.76. The van der Waals surface area contributed by atoms with Crippen LogP contribution >= 0.6 is 11.3 Å². The molecule has 5 heteroatoms. The van der Waals surface area contributed by atoms with E-state index in [1.807, 2.05) is 48.5 Å². The molecular weight excluding hydrogens is 500 g/mol. The minimum atomic E-state index is 0.572. The van der Waals surface area contributed by atoms with Crippen molar-refractivity contribution in [2.24, 2.45) is 0 Å². The van der Waals surface area contributed by atoms with E-state index >= 15 is 0 Å².